The zero-order valence-corrected chi connectivity index (χ0v) is 11.7. The number of carbonyl (C=O) groups is 1. The molecule has 2 aliphatic heterocycles. The first-order chi connectivity index (χ1) is 9.69. The highest BCUT2D eigenvalue weighted by molar-refractivity contribution is 5.95. The minimum Gasteiger partial charge on any atom is -0.348 e. The van der Waals surface area contributed by atoms with Crippen LogP contribution < -0.4 is 5.32 Å². The maximum atomic E-state index is 12.4. The van der Waals surface area contributed by atoms with Crippen LogP contribution in [-0.2, 0) is 0 Å². The van der Waals surface area contributed by atoms with E-state index >= 15 is 0 Å². The molecule has 104 valence electrons. The van der Waals surface area contributed by atoms with E-state index in [0.717, 1.165) is 24.2 Å². The first-order valence-electron chi connectivity index (χ1n) is 7.30. The van der Waals surface area contributed by atoms with Gasteiger partial charge in [-0.15, -0.1) is 0 Å². The van der Waals surface area contributed by atoms with Crippen LogP contribution in [0, 0.1) is 12.8 Å². The molecular weight excluding hydrogens is 250 g/mol. The third-order valence-corrected chi connectivity index (χ3v) is 4.65. The van der Waals surface area contributed by atoms with Crippen LogP contribution in [0.5, 0.6) is 0 Å². The van der Waals surface area contributed by atoms with E-state index < -0.39 is 0 Å². The molecular formula is C16H19N3O. The van der Waals surface area contributed by atoms with Crippen LogP contribution in [0.2, 0.25) is 0 Å². The number of aryl methyl sites for hydroxylation is 1. The molecule has 2 fully saturated rings. The number of fused-ring (bicyclic) bond motifs is 3. The smallest absolute Gasteiger partial charge is 0.251 e. The highest BCUT2D eigenvalue weighted by atomic mass is 16.1. The van der Waals surface area contributed by atoms with Crippen LogP contribution in [0.1, 0.15) is 22.3 Å². The first-order valence-corrected chi connectivity index (χ1v) is 7.30. The highest BCUT2D eigenvalue weighted by Gasteiger charge is 2.38. The molecule has 4 rings (SSSR count). The fourth-order valence-electron chi connectivity index (χ4n) is 3.59. The van der Waals surface area contributed by atoms with Gasteiger partial charge in [-0.2, -0.15) is 0 Å². The average molecular weight is 269 g/mol. The maximum absolute atomic E-state index is 12.4. The molecule has 4 nitrogen and oxygen atoms in total. The summed E-state index contributed by atoms with van der Waals surface area (Å²) in [6.45, 7) is 5.44. The summed E-state index contributed by atoms with van der Waals surface area (Å²) in [5.41, 5.74) is 3.05. The number of piperidine rings is 1. The lowest BCUT2D eigenvalue weighted by Gasteiger charge is -2.23. The predicted octanol–water partition coefficient (Wildman–Crippen LogP) is 1.68. The molecule has 1 N–H and O–H groups in total. The van der Waals surface area contributed by atoms with Crippen molar-refractivity contribution >= 4 is 11.4 Å². The summed E-state index contributed by atoms with van der Waals surface area (Å²) in [6, 6.07) is 6.30. The summed E-state index contributed by atoms with van der Waals surface area (Å²) >= 11 is 0. The second-order valence-electron chi connectivity index (χ2n) is 6.15. The lowest BCUT2D eigenvalue weighted by Crippen LogP contribution is -2.43. The van der Waals surface area contributed by atoms with Gasteiger partial charge in [0.05, 0.1) is 0 Å². The van der Waals surface area contributed by atoms with E-state index in [2.05, 4.69) is 33.8 Å². The van der Waals surface area contributed by atoms with Crippen LogP contribution in [0.15, 0.2) is 30.6 Å². The van der Waals surface area contributed by atoms with Crippen molar-refractivity contribution in [1.29, 1.82) is 0 Å². The third kappa shape index (κ3) is 1.91. The van der Waals surface area contributed by atoms with E-state index in [4.69, 9.17) is 0 Å². The van der Waals surface area contributed by atoms with Crippen LogP contribution in [0.3, 0.4) is 0 Å². The SMILES string of the molecule is Cc1cc2cc(C(=O)NC3CN4CC[C@H]3C4)ccn2c1. The van der Waals surface area contributed by atoms with Crippen molar-refractivity contribution in [2.75, 3.05) is 19.6 Å². The van der Waals surface area contributed by atoms with E-state index in [9.17, 15) is 4.79 Å². The molecule has 4 heterocycles. The molecule has 0 radical (unpaired) electrons. The van der Waals surface area contributed by atoms with Crippen molar-refractivity contribution in [1.82, 2.24) is 14.6 Å². The zero-order valence-electron chi connectivity index (χ0n) is 11.7. The quantitative estimate of drug-likeness (QED) is 0.900. The number of pyridine rings is 1. The first kappa shape index (κ1) is 12.0. The summed E-state index contributed by atoms with van der Waals surface area (Å²) in [6.07, 6.45) is 5.25. The van der Waals surface area contributed by atoms with Gasteiger partial charge in [0.1, 0.15) is 0 Å². The second kappa shape index (κ2) is 4.35. The van der Waals surface area contributed by atoms with Gasteiger partial charge < -0.3 is 14.6 Å². The largest absolute Gasteiger partial charge is 0.348 e. The molecule has 0 aromatic carbocycles. The molecule has 0 saturated carbocycles. The lowest BCUT2D eigenvalue weighted by molar-refractivity contribution is 0.0924. The van der Waals surface area contributed by atoms with Gasteiger partial charge in [-0.05, 0) is 49.6 Å². The van der Waals surface area contributed by atoms with Crippen molar-refractivity contribution < 1.29 is 4.79 Å². The summed E-state index contributed by atoms with van der Waals surface area (Å²) in [5, 5.41) is 3.21. The number of nitrogens with zero attached hydrogens (tertiary/aromatic N) is 2. The number of nitrogens with one attached hydrogen (secondary N) is 1. The predicted molar refractivity (Wildman–Crippen MR) is 77.9 cm³/mol. The van der Waals surface area contributed by atoms with Gasteiger partial charge in [-0.25, -0.2) is 0 Å². The molecule has 0 aliphatic carbocycles. The molecule has 1 amide bonds. The van der Waals surface area contributed by atoms with E-state index in [1.54, 1.807) is 0 Å². The molecule has 20 heavy (non-hydrogen) atoms. The van der Waals surface area contributed by atoms with E-state index in [1.165, 1.54) is 18.5 Å². The lowest BCUT2D eigenvalue weighted by atomic mass is 10.00. The molecule has 4 heteroatoms. The van der Waals surface area contributed by atoms with Gasteiger partial charge >= 0.3 is 0 Å². The Hall–Kier alpha value is -1.81. The summed E-state index contributed by atoms with van der Waals surface area (Å²) < 4.78 is 2.05. The van der Waals surface area contributed by atoms with Gasteiger partial charge in [-0.3, -0.25) is 4.79 Å². The van der Waals surface area contributed by atoms with Gasteiger partial charge in [-0.1, -0.05) is 0 Å². The maximum Gasteiger partial charge on any atom is 0.251 e. The van der Waals surface area contributed by atoms with Gasteiger partial charge in [0.2, 0.25) is 0 Å². The highest BCUT2D eigenvalue weighted by Crippen LogP contribution is 2.27. The Balaban J connectivity index is 1.54. The molecule has 2 unspecified atom stereocenters. The Morgan fingerprint density at radius 1 is 1.35 bits per heavy atom. The van der Waals surface area contributed by atoms with E-state index in [0.29, 0.717) is 12.0 Å². The Morgan fingerprint density at radius 2 is 2.25 bits per heavy atom. The van der Waals surface area contributed by atoms with Crippen LogP contribution in [0.4, 0.5) is 0 Å². The van der Waals surface area contributed by atoms with Crippen molar-refractivity contribution in [2.24, 2.45) is 5.92 Å². The molecule has 2 aromatic heterocycles. The number of hydrogen-bond donors (Lipinski definition) is 1. The summed E-state index contributed by atoms with van der Waals surface area (Å²) in [5.74, 6) is 0.711. The number of carbonyl (C=O) groups excluding carboxylic acids is 1. The summed E-state index contributed by atoms with van der Waals surface area (Å²) in [4.78, 5) is 14.8. The average Bonchev–Trinajstić information content (AvgIpc) is 3.10. The molecule has 3 atom stereocenters. The number of hydrogen-bond acceptors (Lipinski definition) is 2. The Morgan fingerprint density at radius 3 is 3.00 bits per heavy atom. The minimum absolute atomic E-state index is 0.0603. The topological polar surface area (TPSA) is 36.8 Å². The van der Waals surface area contributed by atoms with Crippen molar-refractivity contribution in [3.8, 4) is 0 Å². The standard InChI is InChI=1S/C16H19N3O/c1-11-6-14-7-12(3-5-19(14)8-11)16(20)17-15-10-18-4-2-13(15)9-18/h3,5-8,13,15H,2,4,9-10H2,1H3,(H,17,20)/t13-,15?/m0/s1. The van der Waals surface area contributed by atoms with Gasteiger partial charge in [0.25, 0.3) is 5.91 Å². The van der Waals surface area contributed by atoms with Crippen molar-refractivity contribution in [3.05, 3.63) is 41.7 Å². The van der Waals surface area contributed by atoms with Crippen LogP contribution in [0.25, 0.3) is 5.52 Å². The zero-order chi connectivity index (χ0) is 13.7. The van der Waals surface area contributed by atoms with Crippen LogP contribution in [-0.4, -0.2) is 40.9 Å². The third-order valence-electron chi connectivity index (χ3n) is 4.65. The monoisotopic (exact) mass is 269 g/mol. The minimum atomic E-state index is 0.0603. The Kier molecular flexibility index (Phi) is 2.60. The summed E-state index contributed by atoms with van der Waals surface area (Å²) in [7, 11) is 0. The van der Waals surface area contributed by atoms with E-state index in [-0.39, 0.29) is 5.91 Å². The molecule has 2 saturated heterocycles. The number of rotatable bonds is 2. The fraction of sp³-hybridized carbons (Fsp3) is 0.438. The van der Waals surface area contributed by atoms with Gasteiger partial charge in [0.15, 0.2) is 0 Å². The Bertz CT molecular complexity index is 675. The molecule has 2 aliphatic rings. The van der Waals surface area contributed by atoms with E-state index in [1.807, 2.05) is 18.3 Å². The molecule has 0 spiro atoms. The number of aromatic nitrogens is 1. The van der Waals surface area contributed by atoms with Crippen molar-refractivity contribution in [3.63, 3.8) is 0 Å². The Labute approximate surface area is 118 Å². The molecule has 2 bridgehead atoms. The van der Waals surface area contributed by atoms with Crippen LogP contribution >= 0.6 is 0 Å². The number of amides is 1. The fourth-order valence-corrected chi connectivity index (χ4v) is 3.59. The van der Waals surface area contributed by atoms with Crippen molar-refractivity contribution in [2.45, 2.75) is 19.4 Å². The second-order valence-corrected chi connectivity index (χ2v) is 6.15. The molecule has 2 aromatic rings. The van der Waals surface area contributed by atoms with Gasteiger partial charge in [0, 0.05) is 42.6 Å². The normalized spacial score (nSPS) is 28.1.